The van der Waals surface area contributed by atoms with E-state index in [0.29, 0.717) is 18.7 Å². The number of hydrogen-bond acceptors (Lipinski definition) is 5. The van der Waals surface area contributed by atoms with Crippen molar-refractivity contribution in [2.75, 3.05) is 13.1 Å². The van der Waals surface area contributed by atoms with E-state index in [2.05, 4.69) is 5.32 Å². The lowest BCUT2D eigenvalue weighted by molar-refractivity contribution is -0.385. The molecule has 2 aromatic rings. The van der Waals surface area contributed by atoms with Gasteiger partial charge in [-0.25, -0.2) is 8.42 Å². The third-order valence-corrected chi connectivity index (χ3v) is 6.74. The van der Waals surface area contributed by atoms with Gasteiger partial charge in [0.25, 0.3) is 11.6 Å². The Morgan fingerprint density at radius 1 is 1.14 bits per heavy atom. The molecule has 8 nitrogen and oxygen atoms in total. The number of amides is 1. The fourth-order valence-electron chi connectivity index (χ4n) is 3.20. The van der Waals surface area contributed by atoms with E-state index in [4.69, 9.17) is 0 Å². The molecule has 0 spiro atoms. The molecule has 2 aromatic carbocycles. The van der Waals surface area contributed by atoms with Crippen molar-refractivity contribution in [2.24, 2.45) is 0 Å². The van der Waals surface area contributed by atoms with Crippen LogP contribution in [0.4, 0.5) is 5.69 Å². The van der Waals surface area contributed by atoms with Crippen LogP contribution in [0.3, 0.4) is 0 Å². The van der Waals surface area contributed by atoms with E-state index in [1.807, 2.05) is 0 Å². The molecule has 1 aliphatic heterocycles. The Kier molecular flexibility index (Phi) is 5.76. The van der Waals surface area contributed by atoms with Gasteiger partial charge in [-0.15, -0.1) is 0 Å². The molecule has 0 bridgehead atoms. The van der Waals surface area contributed by atoms with E-state index >= 15 is 0 Å². The van der Waals surface area contributed by atoms with E-state index in [1.54, 1.807) is 12.1 Å². The summed E-state index contributed by atoms with van der Waals surface area (Å²) in [7, 11) is -3.47. The highest BCUT2D eigenvalue weighted by Gasteiger charge is 2.26. The standard InChI is InChI=1S/C19H21N3O5S/c1-14-17(5-4-6-18(14)22(24)25)19(23)20-13-15-7-9-16(10-8-15)28(26,27)21-11-2-3-12-21/h4-10H,2-3,11-13H2,1H3,(H,20,23). The number of nitro groups is 1. The molecule has 1 aliphatic rings. The monoisotopic (exact) mass is 403 g/mol. The maximum absolute atomic E-state index is 12.5. The van der Waals surface area contributed by atoms with Gasteiger partial charge in [-0.2, -0.15) is 4.31 Å². The van der Waals surface area contributed by atoms with E-state index in [0.717, 1.165) is 18.4 Å². The summed E-state index contributed by atoms with van der Waals surface area (Å²) in [4.78, 5) is 23.1. The van der Waals surface area contributed by atoms with Crippen LogP contribution in [0.1, 0.15) is 34.3 Å². The van der Waals surface area contributed by atoms with Crippen molar-refractivity contribution in [3.63, 3.8) is 0 Å². The van der Waals surface area contributed by atoms with Crippen molar-refractivity contribution >= 4 is 21.6 Å². The van der Waals surface area contributed by atoms with Crippen molar-refractivity contribution in [2.45, 2.75) is 31.2 Å². The Labute approximate surface area is 163 Å². The predicted octanol–water partition coefficient (Wildman–Crippen LogP) is 2.62. The Hall–Kier alpha value is -2.78. The van der Waals surface area contributed by atoms with Gasteiger partial charge in [-0.1, -0.05) is 18.2 Å². The first kappa shape index (κ1) is 20.0. The van der Waals surface area contributed by atoms with Gasteiger partial charge in [-0.3, -0.25) is 14.9 Å². The van der Waals surface area contributed by atoms with Crippen molar-refractivity contribution in [1.29, 1.82) is 0 Å². The van der Waals surface area contributed by atoms with Crippen LogP contribution in [0.2, 0.25) is 0 Å². The average Bonchev–Trinajstić information content (AvgIpc) is 3.22. The number of hydrogen-bond donors (Lipinski definition) is 1. The highest BCUT2D eigenvalue weighted by atomic mass is 32.2. The number of benzene rings is 2. The maximum Gasteiger partial charge on any atom is 0.273 e. The molecular weight excluding hydrogens is 382 g/mol. The van der Waals surface area contributed by atoms with Crippen LogP contribution in [0.15, 0.2) is 47.4 Å². The van der Waals surface area contributed by atoms with Gasteiger partial charge in [0.15, 0.2) is 0 Å². The third kappa shape index (κ3) is 4.05. The normalized spacial score (nSPS) is 14.8. The Morgan fingerprint density at radius 3 is 2.39 bits per heavy atom. The summed E-state index contributed by atoms with van der Waals surface area (Å²) in [6, 6.07) is 10.7. The van der Waals surface area contributed by atoms with Gasteiger partial charge >= 0.3 is 0 Å². The summed E-state index contributed by atoms with van der Waals surface area (Å²) in [5, 5.41) is 13.7. The Balaban J connectivity index is 1.68. The van der Waals surface area contributed by atoms with E-state index in [1.165, 1.54) is 41.6 Å². The Bertz CT molecular complexity index is 997. The lowest BCUT2D eigenvalue weighted by atomic mass is 10.1. The minimum atomic E-state index is -3.47. The molecule has 28 heavy (non-hydrogen) atoms. The number of carbonyl (C=O) groups excluding carboxylic acids is 1. The van der Waals surface area contributed by atoms with Gasteiger partial charge in [-0.05, 0) is 43.5 Å². The quantitative estimate of drug-likeness (QED) is 0.589. The van der Waals surface area contributed by atoms with Crippen LogP contribution in [0.5, 0.6) is 0 Å². The van der Waals surface area contributed by atoms with Crippen molar-refractivity contribution in [3.05, 3.63) is 69.3 Å². The molecule has 0 aliphatic carbocycles. The zero-order valence-corrected chi connectivity index (χ0v) is 16.2. The molecule has 0 radical (unpaired) electrons. The molecule has 0 saturated carbocycles. The van der Waals surface area contributed by atoms with Crippen LogP contribution in [0, 0.1) is 17.0 Å². The first-order valence-corrected chi connectivity index (χ1v) is 10.4. The second kappa shape index (κ2) is 8.07. The fraction of sp³-hybridized carbons (Fsp3) is 0.316. The van der Waals surface area contributed by atoms with Crippen LogP contribution < -0.4 is 5.32 Å². The summed E-state index contributed by atoms with van der Waals surface area (Å²) >= 11 is 0. The molecule has 148 valence electrons. The van der Waals surface area contributed by atoms with Crippen molar-refractivity contribution in [3.8, 4) is 0 Å². The van der Waals surface area contributed by atoms with E-state index in [9.17, 15) is 23.3 Å². The number of nitrogens with one attached hydrogen (secondary N) is 1. The highest BCUT2D eigenvalue weighted by Crippen LogP contribution is 2.22. The summed E-state index contributed by atoms with van der Waals surface area (Å²) in [6.07, 6.45) is 1.75. The minimum absolute atomic E-state index is 0.107. The Morgan fingerprint density at radius 2 is 1.79 bits per heavy atom. The number of sulfonamides is 1. The van der Waals surface area contributed by atoms with Gasteiger partial charge < -0.3 is 5.32 Å². The summed E-state index contributed by atoms with van der Waals surface area (Å²) < 4.78 is 26.5. The largest absolute Gasteiger partial charge is 0.348 e. The van der Waals surface area contributed by atoms with Gasteiger partial charge in [0.2, 0.25) is 10.0 Å². The molecule has 1 heterocycles. The fourth-order valence-corrected chi connectivity index (χ4v) is 4.72. The first-order chi connectivity index (χ1) is 13.3. The molecule has 9 heteroatoms. The second-order valence-corrected chi connectivity index (χ2v) is 8.58. The maximum atomic E-state index is 12.5. The SMILES string of the molecule is Cc1c(C(=O)NCc2ccc(S(=O)(=O)N3CCCC3)cc2)cccc1[N+](=O)[O-]. The van der Waals surface area contributed by atoms with E-state index < -0.39 is 20.9 Å². The first-order valence-electron chi connectivity index (χ1n) is 8.92. The molecule has 0 unspecified atom stereocenters. The summed E-state index contributed by atoms with van der Waals surface area (Å²) in [6.45, 7) is 2.81. The van der Waals surface area contributed by atoms with Gasteiger partial charge in [0.1, 0.15) is 0 Å². The van der Waals surface area contributed by atoms with Crippen molar-refractivity contribution < 1.29 is 18.1 Å². The molecule has 3 rings (SSSR count). The zero-order chi connectivity index (χ0) is 20.3. The lowest BCUT2D eigenvalue weighted by Gasteiger charge is -2.15. The highest BCUT2D eigenvalue weighted by molar-refractivity contribution is 7.89. The van der Waals surface area contributed by atoms with Crippen LogP contribution in [-0.4, -0.2) is 36.6 Å². The van der Waals surface area contributed by atoms with Crippen molar-refractivity contribution in [1.82, 2.24) is 9.62 Å². The molecule has 1 amide bonds. The molecule has 1 N–H and O–H groups in total. The number of carbonyl (C=O) groups is 1. The summed E-state index contributed by atoms with van der Waals surface area (Å²) in [5.74, 6) is -0.421. The number of rotatable bonds is 6. The molecule has 0 atom stereocenters. The summed E-state index contributed by atoms with van der Waals surface area (Å²) in [5.41, 5.74) is 1.17. The molecule has 1 fully saturated rings. The second-order valence-electron chi connectivity index (χ2n) is 6.64. The number of nitro benzene ring substituents is 1. The predicted molar refractivity (Wildman–Crippen MR) is 103 cm³/mol. The molecule has 0 aromatic heterocycles. The topological polar surface area (TPSA) is 110 Å². The van der Waals surface area contributed by atoms with Crippen LogP contribution in [-0.2, 0) is 16.6 Å². The zero-order valence-electron chi connectivity index (χ0n) is 15.4. The smallest absolute Gasteiger partial charge is 0.273 e. The minimum Gasteiger partial charge on any atom is -0.348 e. The number of nitrogens with zero attached hydrogens (tertiary/aromatic N) is 2. The van der Waals surface area contributed by atoms with Gasteiger partial charge in [0, 0.05) is 36.8 Å². The van der Waals surface area contributed by atoms with Crippen LogP contribution >= 0.6 is 0 Å². The van der Waals surface area contributed by atoms with Gasteiger partial charge in [0.05, 0.1) is 9.82 Å². The van der Waals surface area contributed by atoms with E-state index in [-0.39, 0.29) is 22.7 Å². The average molecular weight is 403 g/mol. The van der Waals surface area contributed by atoms with Crippen LogP contribution in [0.25, 0.3) is 0 Å². The molecule has 1 saturated heterocycles. The molecular formula is C19H21N3O5S. The lowest BCUT2D eigenvalue weighted by Crippen LogP contribution is -2.28. The third-order valence-electron chi connectivity index (χ3n) is 4.83.